The summed E-state index contributed by atoms with van der Waals surface area (Å²) in [6, 6.07) is 25.1. The molecule has 0 saturated carbocycles. The molecule has 4 atom stereocenters. The van der Waals surface area contributed by atoms with E-state index in [0.29, 0.717) is 23.7 Å². The number of aromatic nitrogens is 2. The summed E-state index contributed by atoms with van der Waals surface area (Å²) in [6.07, 6.45) is 0.326. The Kier molecular flexibility index (Phi) is 10.7. The summed E-state index contributed by atoms with van der Waals surface area (Å²) in [4.78, 5) is 27.4. The summed E-state index contributed by atoms with van der Waals surface area (Å²) in [5, 5.41) is 11.6. The molecule has 0 radical (unpaired) electrons. The first-order valence-electron chi connectivity index (χ1n) is 15.6. The molecule has 244 valence electrons. The van der Waals surface area contributed by atoms with E-state index in [9.17, 15) is 14.7 Å². The molecule has 3 aromatic carbocycles. The van der Waals surface area contributed by atoms with Gasteiger partial charge in [0.25, 0.3) is 5.56 Å². The molecular formula is C36H42N2O8. The van der Waals surface area contributed by atoms with E-state index in [0.717, 1.165) is 36.0 Å². The highest BCUT2D eigenvalue weighted by molar-refractivity contribution is 5.49. The van der Waals surface area contributed by atoms with E-state index in [4.69, 9.17) is 23.7 Å². The minimum Gasteiger partial charge on any atom is -0.497 e. The number of aliphatic hydroxyl groups is 1. The summed E-state index contributed by atoms with van der Waals surface area (Å²) in [6.45, 7) is 4.02. The number of unbranched alkanes of at least 4 members (excludes halogenated alkanes) is 2. The van der Waals surface area contributed by atoms with E-state index >= 15 is 0 Å². The number of aryl methyl sites for hydroxylation is 1. The second-order valence-electron chi connectivity index (χ2n) is 11.4. The fourth-order valence-electron chi connectivity index (χ4n) is 5.89. The van der Waals surface area contributed by atoms with Crippen LogP contribution in [0.1, 0.15) is 54.7 Å². The summed E-state index contributed by atoms with van der Waals surface area (Å²) in [5.74, 6) is 1.39. The SMILES string of the molecule is CCCCCOC1[C@@H](O)[C@@H](COC(c2ccccc2)(c2ccc(OC)cc2)c2ccc(OC)cc2)O[C@H]1n1cc(C)c(=O)[nH]c1=O. The third kappa shape index (κ3) is 6.80. The Morgan fingerprint density at radius 2 is 1.46 bits per heavy atom. The Balaban J connectivity index is 1.55. The van der Waals surface area contributed by atoms with Crippen LogP contribution in [0.5, 0.6) is 11.5 Å². The van der Waals surface area contributed by atoms with Gasteiger partial charge in [0, 0.05) is 18.4 Å². The molecule has 2 N–H and O–H groups in total. The van der Waals surface area contributed by atoms with Gasteiger partial charge in [0.05, 0.1) is 20.8 Å². The van der Waals surface area contributed by atoms with Gasteiger partial charge in [-0.25, -0.2) is 4.79 Å². The van der Waals surface area contributed by atoms with Gasteiger partial charge in [0.1, 0.15) is 35.4 Å². The number of nitrogens with one attached hydrogen (secondary N) is 1. The van der Waals surface area contributed by atoms with E-state index in [2.05, 4.69) is 11.9 Å². The molecule has 0 amide bonds. The predicted molar refractivity (Wildman–Crippen MR) is 174 cm³/mol. The van der Waals surface area contributed by atoms with Crippen molar-refractivity contribution in [2.75, 3.05) is 27.4 Å². The third-order valence-electron chi connectivity index (χ3n) is 8.43. The Hall–Kier alpha value is -4.22. The van der Waals surface area contributed by atoms with Crippen LogP contribution in [0.15, 0.2) is 94.6 Å². The fraction of sp³-hybridized carbons (Fsp3) is 0.389. The van der Waals surface area contributed by atoms with Gasteiger partial charge >= 0.3 is 5.69 Å². The standard InChI is InChI=1S/C36H42N2O8/c1-5-6-10-21-44-32-31(39)30(46-34(32)38-22-24(2)33(40)37-35(38)41)23-45-36(25-11-8-7-9-12-25,26-13-17-28(42-3)18-14-26)27-15-19-29(43-4)20-16-27/h7-9,11-20,22,30-32,34,39H,5-6,10,21,23H2,1-4H3,(H,37,40,41)/t30-,31+,32?,34-/m1/s1. The smallest absolute Gasteiger partial charge is 0.330 e. The highest BCUT2D eigenvalue weighted by Crippen LogP contribution is 2.43. The van der Waals surface area contributed by atoms with E-state index in [-0.39, 0.29) is 6.61 Å². The van der Waals surface area contributed by atoms with Crippen LogP contribution < -0.4 is 20.7 Å². The van der Waals surface area contributed by atoms with Crippen LogP contribution in [0.2, 0.25) is 0 Å². The average molecular weight is 631 g/mol. The number of methoxy groups -OCH3 is 2. The third-order valence-corrected chi connectivity index (χ3v) is 8.43. The monoisotopic (exact) mass is 630 g/mol. The topological polar surface area (TPSA) is 121 Å². The van der Waals surface area contributed by atoms with Crippen molar-refractivity contribution in [1.29, 1.82) is 0 Å². The molecule has 5 rings (SSSR count). The van der Waals surface area contributed by atoms with Crippen molar-refractivity contribution in [2.45, 2.75) is 63.3 Å². The zero-order chi connectivity index (χ0) is 32.7. The molecule has 1 aliphatic heterocycles. The Bertz CT molecular complexity index is 1620. The Labute approximate surface area is 268 Å². The lowest BCUT2D eigenvalue weighted by Gasteiger charge is -2.37. The minimum atomic E-state index is -1.14. The molecule has 46 heavy (non-hydrogen) atoms. The number of nitrogens with zero attached hydrogens (tertiary/aromatic N) is 1. The van der Waals surface area contributed by atoms with Gasteiger partial charge in [0.2, 0.25) is 0 Å². The number of rotatable bonds is 14. The van der Waals surface area contributed by atoms with Crippen molar-refractivity contribution in [3.63, 3.8) is 0 Å². The molecule has 10 nitrogen and oxygen atoms in total. The maximum absolute atomic E-state index is 12.9. The van der Waals surface area contributed by atoms with Crippen LogP contribution in [-0.4, -0.2) is 60.4 Å². The number of H-pyrrole nitrogens is 1. The first-order chi connectivity index (χ1) is 22.3. The molecule has 0 spiro atoms. The maximum Gasteiger partial charge on any atom is 0.330 e. The number of benzene rings is 3. The number of hydrogen-bond acceptors (Lipinski definition) is 8. The molecule has 1 unspecified atom stereocenters. The van der Waals surface area contributed by atoms with Crippen molar-refractivity contribution in [1.82, 2.24) is 9.55 Å². The van der Waals surface area contributed by atoms with Gasteiger partial charge in [-0.1, -0.05) is 74.4 Å². The van der Waals surface area contributed by atoms with Gasteiger partial charge in [-0.05, 0) is 54.3 Å². The summed E-state index contributed by atoms with van der Waals surface area (Å²) in [5.41, 5.74) is 0.586. The number of aliphatic hydroxyl groups excluding tert-OH is 1. The number of aromatic amines is 1. The molecule has 1 aliphatic rings. The van der Waals surface area contributed by atoms with Crippen molar-refractivity contribution >= 4 is 0 Å². The van der Waals surface area contributed by atoms with E-state index in [1.807, 2.05) is 78.9 Å². The summed E-state index contributed by atoms with van der Waals surface area (Å²) in [7, 11) is 3.23. The first kappa shape index (κ1) is 33.2. The van der Waals surface area contributed by atoms with Gasteiger partial charge in [-0.2, -0.15) is 0 Å². The molecule has 1 saturated heterocycles. The van der Waals surface area contributed by atoms with E-state index in [1.54, 1.807) is 21.1 Å². The number of ether oxygens (including phenoxy) is 5. The van der Waals surface area contributed by atoms with Gasteiger partial charge in [-0.3, -0.25) is 14.3 Å². The zero-order valence-corrected chi connectivity index (χ0v) is 26.7. The van der Waals surface area contributed by atoms with E-state index in [1.165, 1.54) is 10.8 Å². The summed E-state index contributed by atoms with van der Waals surface area (Å²) < 4.78 is 31.7. The Morgan fingerprint density at radius 3 is 2.02 bits per heavy atom. The first-order valence-corrected chi connectivity index (χ1v) is 15.6. The molecular weight excluding hydrogens is 588 g/mol. The van der Waals surface area contributed by atoms with Crippen molar-refractivity contribution in [2.24, 2.45) is 0 Å². The van der Waals surface area contributed by atoms with Crippen LogP contribution in [-0.2, 0) is 19.8 Å². The van der Waals surface area contributed by atoms with E-state index < -0.39 is 41.4 Å². The van der Waals surface area contributed by atoms with Crippen LogP contribution in [0, 0.1) is 6.92 Å². The quantitative estimate of drug-likeness (QED) is 0.152. The van der Waals surface area contributed by atoms with Gasteiger partial charge in [-0.15, -0.1) is 0 Å². The zero-order valence-electron chi connectivity index (χ0n) is 26.7. The molecule has 1 fully saturated rings. The summed E-state index contributed by atoms with van der Waals surface area (Å²) >= 11 is 0. The van der Waals surface area contributed by atoms with Crippen LogP contribution in [0.25, 0.3) is 0 Å². The van der Waals surface area contributed by atoms with Crippen LogP contribution in [0.3, 0.4) is 0 Å². The minimum absolute atomic E-state index is 0.0590. The molecule has 4 aromatic rings. The second kappa shape index (κ2) is 14.9. The maximum atomic E-state index is 12.9. The van der Waals surface area contributed by atoms with Crippen molar-refractivity contribution in [3.8, 4) is 11.5 Å². The fourth-order valence-corrected chi connectivity index (χ4v) is 5.89. The lowest BCUT2D eigenvalue weighted by atomic mass is 9.80. The van der Waals surface area contributed by atoms with Gasteiger partial charge < -0.3 is 28.8 Å². The average Bonchev–Trinajstić information content (AvgIpc) is 3.40. The molecule has 0 bridgehead atoms. The second-order valence-corrected chi connectivity index (χ2v) is 11.4. The van der Waals surface area contributed by atoms with Crippen molar-refractivity contribution in [3.05, 3.63) is 128 Å². The lowest BCUT2D eigenvalue weighted by molar-refractivity contribution is -0.0983. The number of hydrogen-bond donors (Lipinski definition) is 2. The normalized spacial score (nSPS) is 19.7. The molecule has 0 aliphatic carbocycles. The van der Waals surface area contributed by atoms with Crippen LogP contribution >= 0.6 is 0 Å². The highest BCUT2D eigenvalue weighted by Gasteiger charge is 2.48. The molecule has 10 heteroatoms. The van der Waals surface area contributed by atoms with Crippen LogP contribution in [0.4, 0.5) is 0 Å². The Morgan fingerprint density at radius 1 is 0.870 bits per heavy atom. The van der Waals surface area contributed by atoms with Gasteiger partial charge in [0.15, 0.2) is 6.23 Å². The molecule has 1 aromatic heterocycles. The predicted octanol–water partition coefficient (Wildman–Crippen LogP) is 4.70. The largest absolute Gasteiger partial charge is 0.497 e. The van der Waals surface area contributed by atoms with Crippen molar-refractivity contribution < 1.29 is 28.8 Å². The molecule has 2 heterocycles. The lowest BCUT2D eigenvalue weighted by Crippen LogP contribution is -2.41. The highest BCUT2D eigenvalue weighted by atomic mass is 16.6.